The van der Waals surface area contributed by atoms with Crippen molar-refractivity contribution < 1.29 is 26.2 Å². The van der Waals surface area contributed by atoms with E-state index in [0.29, 0.717) is 0 Å². The Kier molecular flexibility index (Phi) is 4.68. The molecule has 2 aromatic rings. The van der Waals surface area contributed by atoms with Gasteiger partial charge in [0.2, 0.25) is 0 Å². The molecule has 0 radical (unpaired) electrons. The summed E-state index contributed by atoms with van der Waals surface area (Å²) in [5.74, 6) is 0. The van der Waals surface area contributed by atoms with Gasteiger partial charge in [-0.3, -0.25) is 0 Å². The zero-order valence-electron chi connectivity index (χ0n) is 8.59. The summed E-state index contributed by atoms with van der Waals surface area (Å²) in [7, 11) is 0. The van der Waals surface area contributed by atoms with Crippen LogP contribution in [-0.4, -0.2) is 0 Å². The van der Waals surface area contributed by atoms with Crippen LogP contribution in [-0.2, 0) is 32.6 Å². The van der Waals surface area contributed by atoms with Crippen molar-refractivity contribution in [3.63, 3.8) is 0 Å². The van der Waals surface area contributed by atoms with E-state index in [-0.39, 0.29) is 26.2 Å². The van der Waals surface area contributed by atoms with E-state index in [1.807, 2.05) is 0 Å². The summed E-state index contributed by atoms with van der Waals surface area (Å²) in [6.07, 6.45) is 3.80. The molecule has 0 aliphatic heterocycles. The van der Waals surface area contributed by atoms with Crippen molar-refractivity contribution in [3.8, 4) is 0 Å². The maximum atomic E-state index is 2.26. The maximum Gasteiger partial charge on any atom is 2.00 e. The second-order valence-corrected chi connectivity index (χ2v) is 3.55. The van der Waals surface area contributed by atoms with Crippen LogP contribution in [0.3, 0.4) is 0 Å². The van der Waals surface area contributed by atoms with E-state index in [4.69, 9.17) is 0 Å². The number of hydrogen-bond donors (Lipinski definition) is 0. The Bertz CT molecular complexity index is 387. The van der Waals surface area contributed by atoms with E-state index in [2.05, 4.69) is 43.3 Å². The fraction of sp³-hybridized carbons (Fsp3) is 0.308. The van der Waals surface area contributed by atoms with Gasteiger partial charge in [0, 0.05) is 0 Å². The van der Waals surface area contributed by atoms with E-state index in [0.717, 1.165) is 0 Å². The van der Waals surface area contributed by atoms with Crippen LogP contribution in [0.25, 0.3) is 10.8 Å². The normalized spacial score (nSPS) is 10.1. The first-order valence-electron chi connectivity index (χ1n) is 5.05. The second-order valence-electron chi connectivity index (χ2n) is 3.55. The number of hydrogen-bond acceptors (Lipinski definition) is 0. The zero-order chi connectivity index (χ0) is 9.10. The summed E-state index contributed by atoms with van der Waals surface area (Å²) in [5, 5.41) is 2.82. The molecule has 0 heterocycles. The maximum absolute atomic E-state index is 2.26. The molecule has 0 aromatic heterocycles. The van der Waals surface area contributed by atoms with Gasteiger partial charge in [0.15, 0.2) is 0 Å². The molecule has 2 aromatic carbocycles. The van der Waals surface area contributed by atoms with Gasteiger partial charge in [0.25, 0.3) is 0 Å². The molecule has 0 N–H and O–H groups in total. The van der Waals surface area contributed by atoms with Crippen LogP contribution >= 0.6 is 0 Å². The minimum atomic E-state index is 0. The minimum absolute atomic E-state index is 0. The summed E-state index contributed by atoms with van der Waals surface area (Å²) < 4.78 is 0. The summed E-state index contributed by atoms with van der Waals surface area (Å²) in [4.78, 5) is 0. The Morgan fingerprint density at radius 3 is 2.71 bits per heavy atom. The third-order valence-corrected chi connectivity index (χ3v) is 2.57. The molecule has 2 rings (SSSR count). The van der Waals surface area contributed by atoms with Crippen LogP contribution in [0.5, 0.6) is 0 Å². The molecule has 0 nitrogen and oxygen atoms in total. The average Bonchev–Trinajstić information content (AvgIpc) is 2.58. The van der Waals surface area contributed by atoms with Crippen molar-refractivity contribution in [2.24, 2.45) is 0 Å². The summed E-state index contributed by atoms with van der Waals surface area (Å²) in [6.45, 7) is 2.24. The molecule has 0 bridgehead atoms. The van der Waals surface area contributed by atoms with E-state index < -0.39 is 0 Å². The van der Waals surface area contributed by atoms with Crippen LogP contribution in [0.1, 0.15) is 25.3 Å². The van der Waals surface area contributed by atoms with Crippen molar-refractivity contribution in [2.45, 2.75) is 26.2 Å². The first-order chi connectivity index (χ1) is 6.42. The number of rotatable bonds is 3. The molecule has 0 amide bonds. The van der Waals surface area contributed by atoms with E-state index >= 15 is 0 Å². The van der Waals surface area contributed by atoms with E-state index in [9.17, 15) is 0 Å². The monoisotopic (exact) mass is 261 g/mol. The first-order valence-corrected chi connectivity index (χ1v) is 5.05. The Labute approximate surface area is 105 Å². The molecule has 0 spiro atoms. The van der Waals surface area contributed by atoms with Gasteiger partial charge in [0.1, 0.15) is 0 Å². The van der Waals surface area contributed by atoms with Crippen LogP contribution < -0.4 is 0 Å². The predicted octanol–water partition coefficient (Wildman–Crippen LogP) is 3.90. The SMILES string of the molecule is CCCC[c-]1ccc2ccccc21.[Zr+2]. The third-order valence-electron chi connectivity index (χ3n) is 2.57. The van der Waals surface area contributed by atoms with Crippen molar-refractivity contribution >= 4 is 10.8 Å². The van der Waals surface area contributed by atoms with Crippen molar-refractivity contribution in [2.75, 3.05) is 0 Å². The Morgan fingerprint density at radius 2 is 1.93 bits per heavy atom. The van der Waals surface area contributed by atoms with Crippen LogP contribution in [0.4, 0.5) is 0 Å². The number of fused-ring (bicyclic) bond motifs is 1. The van der Waals surface area contributed by atoms with Crippen LogP contribution in [0.15, 0.2) is 36.4 Å². The van der Waals surface area contributed by atoms with Crippen molar-refractivity contribution in [3.05, 3.63) is 42.0 Å². The zero-order valence-corrected chi connectivity index (χ0v) is 11.0. The van der Waals surface area contributed by atoms with E-state index in [1.54, 1.807) is 0 Å². The average molecular weight is 262 g/mol. The van der Waals surface area contributed by atoms with Gasteiger partial charge in [-0.2, -0.15) is 6.07 Å². The smallest absolute Gasteiger partial charge is 0.168 e. The van der Waals surface area contributed by atoms with Gasteiger partial charge < -0.3 is 0 Å². The van der Waals surface area contributed by atoms with Gasteiger partial charge in [-0.15, -0.1) is 40.6 Å². The Balaban J connectivity index is 0.000000980. The number of unbranched alkanes of at least 4 members (excludes halogenated alkanes) is 1. The third kappa shape index (κ3) is 2.39. The largest absolute Gasteiger partial charge is 2.00 e. The molecule has 1 heteroatoms. The Morgan fingerprint density at radius 1 is 1.14 bits per heavy atom. The number of aryl methyl sites for hydroxylation is 1. The molecule has 14 heavy (non-hydrogen) atoms. The molecule has 0 aliphatic rings. The molecular weight excluding hydrogens is 247 g/mol. The standard InChI is InChI=1S/C13H15.Zr/c1-2-3-6-11-9-10-12-7-4-5-8-13(11)12;/h4-5,7-10H,2-3,6H2,1H3;/q-1;+2. The molecule has 0 saturated heterocycles. The van der Waals surface area contributed by atoms with Gasteiger partial charge in [-0.1, -0.05) is 32.3 Å². The summed E-state index contributed by atoms with van der Waals surface area (Å²) in [5.41, 5.74) is 1.51. The van der Waals surface area contributed by atoms with Crippen LogP contribution in [0.2, 0.25) is 0 Å². The quantitative estimate of drug-likeness (QED) is 0.736. The van der Waals surface area contributed by atoms with Gasteiger partial charge in [-0.25, -0.2) is 0 Å². The fourth-order valence-corrected chi connectivity index (χ4v) is 1.80. The van der Waals surface area contributed by atoms with E-state index in [1.165, 1.54) is 35.6 Å². The second kappa shape index (κ2) is 5.56. The molecule has 0 atom stereocenters. The fourth-order valence-electron chi connectivity index (χ4n) is 1.80. The predicted molar refractivity (Wildman–Crippen MR) is 58.2 cm³/mol. The van der Waals surface area contributed by atoms with Crippen molar-refractivity contribution in [1.29, 1.82) is 0 Å². The summed E-state index contributed by atoms with van der Waals surface area (Å²) >= 11 is 0. The molecule has 0 unspecified atom stereocenters. The minimum Gasteiger partial charge on any atom is -0.168 e. The van der Waals surface area contributed by atoms with Crippen LogP contribution in [0, 0.1) is 0 Å². The Hall–Kier alpha value is -0.287. The molecule has 0 fully saturated rings. The first kappa shape index (κ1) is 11.8. The molecule has 0 saturated carbocycles. The molecule has 0 aliphatic carbocycles. The topological polar surface area (TPSA) is 0 Å². The van der Waals surface area contributed by atoms with Gasteiger partial charge in [0.05, 0.1) is 0 Å². The molecular formula is C13H15Zr+. The summed E-state index contributed by atoms with van der Waals surface area (Å²) in [6, 6.07) is 13.1. The van der Waals surface area contributed by atoms with Crippen molar-refractivity contribution in [1.82, 2.24) is 0 Å². The number of benzene rings is 1. The van der Waals surface area contributed by atoms with Gasteiger partial charge in [-0.05, 0) is 0 Å². The molecule has 70 valence electrons. The van der Waals surface area contributed by atoms with Gasteiger partial charge >= 0.3 is 26.2 Å².